The third-order valence-corrected chi connectivity index (χ3v) is 12.6. The number of rotatable bonds is 8. The van der Waals surface area contributed by atoms with Gasteiger partial charge >= 0.3 is 0 Å². The van der Waals surface area contributed by atoms with Gasteiger partial charge < -0.3 is 0 Å². The van der Waals surface area contributed by atoms with E-state index in [4.69, 9.17) is 9.97 Å². The third kappa shape index (κ3) is 7.22. The summed E-state index contributed by atoms with van der Waals surface area (Å²) in [7, 11) is 0. The molecule has 11 aromatic rings. The van der Waals surface area contributed by atoms with Crippen LogP contribution in [0.2, 0.25) is 0 Å². The van der Waals surface area contributed by atoms with Gasteiger partial charge in [0.1, 0.15) is 4.83 Å². The summed E-state index contributed by atoms with van der Waals surface area (Å²) < 4.78 is 1.21. The third-order valence-electron chi connectivity index (χ3n) is 11.5. The Morgan fingerprint density at radius 1 is 0.262 bits per heavy atom. The molecule has 0 spiro atoms. The summed E-state index contributed by atoms with van der Waals surface area (Å²) in [5.41, 5.74) is 17.2. The number of aromatic nitrogens is 2. The molecule has 3 heteroatoms. The van der Waals surface area contributed by atoms with Gasteiger partial charge in [0, 0.05) is 26.6 Å². The first-order valence-corrected chi connectivity index (χ1v) is 21.4. The van der Waals surface area contributed by atoms with Crippen LogP contribution in [0.1, 0.15) is 0 Å². The maximum Gasteiger partial charge on any atom is 0.161 e. The van der Waals surface area contributed by atoms with Crippen molar-refractivity contribution >= 4 is 31.6 Å². The highest BCUT2D eigenvalue weighted by atomic mass is 32.1. The standard InChI is InChI=1S/C58H38N2S/c1-4-15-39(16-5-1)45-22-13-25-48(34-45)56-55-53-27-10-11-28-54(53)61-58(55)60-57(59-56)49-26-14-23-46(35-49)43-31-29-42(30-32-43)44-21-12-24-47(33-44)52-37-50(40-17-6-2-7-18-40)36-51(38-52)41-19-8-3-9-20-41/h1-38H. The molecule has 0 unspecified atom stereocenters. The average Bonchev–Trinajstić information content (AvgIpc) is 3.73. The maximum atomic E-state index is 5.36. The van der Waals surface area contributed by atoms with Gasteiger partial charge in [0.15, 0.2) is 5.82 Å². The zero-order valence-corrected chi connectivity index (χ0v) is 34.1. The first kappa shape index (κ1) is 36.4. The normalized spacial score (nSPS) is 11.3. The highest BCUT2D eigenvalue weighted by molar-refractivity contribution is 7.25. The molecule has 2 aromatic heterocycles. The molecule has 0 atom stereocenters. The molecule has 0 bridgehead atoms. The molecule has 9 aromatic carbocycles. The van der Waals surface area contributed by atoms with Crippen molar-refractivity contribution in [2.75, 3.05) is 0 Å². The van der Waals surface area contributed by atoms with Crippen LogP contribution in [0.5, 0.6) is 0 Å². The Bertz CT molecular complexity index is 3280. The Labute approximate surface area is 359 Å². The second-order valence-corrected chi connectivity index (χ2v) is 16.4. The number of thiophene rings is 1. The molecule has 2 heterocycles. The molecule has 2 nitrogen and oxygen atoms in total. The van der Waals surface area contributed by atoms with Crippen LogP contribution in [0.15, 0.2) is 231 Å². The summed E-state index contributed by atoms with van der Waals surface area (Å²) in [5, 5.41) is 2.29. The minimum absolute atomic E-state index is 0.723. The van der Waals surface area contributed by atoms with E-state index in [2.05, 4.69) is 231 Å². The SMILES string of the molecule is c1ccc(-c2cc(-c3ccccc3)cc(-c3cccc(-c4ccc(-c5cccc(-c6nc(-c7cccc(-c8ccccc8)c7)c7c(n6)sc6ccccc67)c5)cc4)c3)c2)cc1. The predicted octanol–water partition coefficient (Wildman–Crippen LogP) is 16.2. The van der Waals surface area contributed by atoms with Gasteiger partial charge in [-0.15, -0.1) is 11.3 Å². The molecule has 0 aliphatic heterocycles. The lowest BCUT2D eigenvalue weighted by atomic mass is 9.92. The molecule has 0 saturated heterocycles. The van der Waals surface area contributed by atoms with Crippen LogP contribution in [0.4, 0.5) is 0 Å². The molecule has 0 N–H and O–H groups in total. The van der Waals surface area contributed by atoms with Crippen molar-refractivity contribution in [2.24, 2.45) is 0 Å². The zero-order chi connectivity index (χ0) is 40.5. The van der Waals surface area contributed by atoms with Crippen LogP contribution >= 0.6 is 11.3 Å². The van der Waals surface area contributed by atoms with Crippen LogP contribution in [0.3, 0.4) is 0 Å². The summed E-state index contributed by atoms with van der Waals surface area (Å²) in [6.45, 7) is 0. The predicted molar refractivity (Wildman–Crippen MR) is 258 cm³/mol. The van der Waals surface area contributed by atoms with E-state index in [0.717, 1.165) is 49.6 Å². The van der Waals surface area contributed by atoms with Gasteiger partial charge in [0.2, 0.25) is 0 Å². The Morgan fingerprint density at radius 2 is 0.623 bits per heavy atom. The highest BCUT2D eigenvalue weighted by Crippen LogP contribution is 2.41. The topological polar surface area (TPSA) is 25.8 Å². The Balaban J connectivity index is 0.935. The summed E-state index contributed by atoms with van der Waals surface area (Å²) >= 11 is 1.73. The lowest BCUT2D eigenvalue weighted by molar-refractivity contribution is 1.24. The monoisotopic (exact) mass is 794 g/mol. The smallest absolute Gasteiger partial charge is 0.161 e. The molecule has 286 valence electrons. The molecule has 0 aliphatic carbocycles. The fourth-order valence-electron chi connectivity index (χ4n) is 8.40. The van der Waals surface area contributed by atoms with Crippen LogP contribution in [0, 0.1) is 0 Å². The molecular formula is C58H38N2S. The molecule has 0 radical (unpaired) electrons. The molecule has 0 amide bonds. The maximum absolute atomic E-state index is 5.36. The van der Waals surface area contributed by atoms with Gasteiger partial charge in [-0.2, -0.15) is 0 Å². The van der Waals surface area contributed by atoms with Crippen LogP contribution in [-0.2, 0) is 0 Å². The van der Waals surface area contributed by atoms with Crippen LogP contribution in [-0.4, -0.2) is 9.97 Å². The molecule has 0 fully saturated rings. The molecule has 0 aliphatic rings. The van der Waals surface area contributed by atoms with E-state index in [-0.39, 0.29) is 0 Å². The van der Waals surface area contributed by atoms with Crippen molar-refractivity contribution in [3.8, 4) is 89.4 Å². The first-order valence-electron chi connectivity index (χ1n) is 20.6. The fourth-order valence-corrected chi connectivity index (χ4v) is 9.47. The van der Waals surface area contributed by atoms with E-state index in [1.54, 1.807) is 11.3 Å². The summed E-state index contributed by atoms with van der Waals surface area (Å²) in [6, 6.07) is 82.5. The van der Waals surface area contributed by atoms with Gasteiger partial charge in [0.05, 0.1) is 5.69 Å². The minimum atomic E-state index is 0.723. The van der Waals surface area contributed by atoms with E-state index in [0.29, 0.717) is 0 Å². The van der Waals surface area contributed by atoms with Gasteiger partial charge in [-0.3, -0.25) is 0 Å². The number of nitrogens with zero attached hydrogens (tertiary/aromatic N) is 2. The summed E-state index contributed by atoms with van der Waals surface area (Å²) in [5.74, 6) is 0.723. The number of benzene rings is 9. The Morgan fingerprint density at radius 3 is 1.18 bits per heavy atom. The zero-order valence-electron chi connectivity index (χ0n) is 33.2. The van der Waals surface area contributed by atoms with Crippen molar-refractivity contribution < 1.29 is 0 Å². The largest absolute Gasteiger partial charge is 0.227 e. The first-order chi connectivity index (χ1) is 30.2. The lowest BCUT2D eigenvalue weighted by Gasteiger charge is -2.13. The second-order valence-electron chi connectivity index (χ2n) is 15.4. The molecule has 11 rings (SSSR count). The van der Waals surface area contributed by atoms with Gasteiger partial charge in [0.25, 0.3) is 0 Å². The van der Waals surface area contributed by atoms with Gasteiger partial charge in [-0.25, -0.2) is 9.97 Å². The van der Waals surface area contributed by atoms with Gasteiger partial charge in [-0.1, -0.05) is 188 Å². The molecule has 0 saturated carbocycles. The summed E-state index contributed by atoms with van der Waals surface area (Å²) in [4.78, 5) is 11.6. The van der Waals surface area contributed by atoms with E-state index < -0.39 is 0 Å². The fraction of sp³-hybridized carbons (Fsp3) is 0. The van der Waals surface area contributed by atoms with Crippen molar-refractivity contribution in [3.05, 3.63) is 231 Å². The second kappa shape index (κ2) is 15.8. The number of hydrogen-bond donors (Lipinski definition) is 0. The van der Waals surface area contributed by atoms with Crippen molar-refractivity contribution in [1.29, 1.82) is 0 Å². The number of fused-ring (bicyclic) bond motifs is 3. The summed E-state index contributed by atoms with van der Waals surface area (Å²) in [6.07, 6.45) is 0. The molecular weight excluding hydrogens is 757 g/mol. The van der Waals surface area contributed by atoms with Crippen molar-refractivity contribution in [2.45, 2.75) is 0 Å². The van der Waals surface area contributed by atoms with Crippen molar-refractivity contribution in [3.63, 3.8) is 0 Å². The number of hydrogen-bond acceptors (Lipinski definition) is 3. The lowest BCUT2D eigenvalue weighted by Crippen LogP contribution is -1.94. The van der Waals surface area contributed by atoms with Gasteiger partial charge in [-0.05, 0) is 109 Å². The van der Waals surface area contributed by atoms with Crippen molar-refractivity contribution in [1.82, 2.24) is 9.97 Å². The van der Waals surface area contributed by atoms with Crippen LogP contribution < -0.4 is 0 Å². The quantitative estimate of drug-likeness (QED) is 0.153. The van der Waals surface area contributed by atoms with E-state index in [9.17, 15) is 0 Å². The van der Waals surface area contributed by atoms with Crippen LogP contribution in [0.25, 0.3) is 110 Å². The average molecular weight is 795 g/mol. The van der Waals surface area contributed by atoms with E-state index in [1.807, 2.05) is 0 Å². The van der Waals surface area contributed by atoms with E-state index in [1.165, 1.54) is 60.2 Å². The highest BCUT2D eigenvalue weighted by Gasteiger charge is 2.18. The minimum Gasteiger partial charge on any atom is -0.227 e. The van der Waals surface area contributed by atoms with E-state index >= 15 is 0 Å². The Hall–Kier alpha value is -7.72. The Kier molecular flexibility index (Phi) is 9.42. The molecule has 61 heavy (non-hydrogen) atoms.